The molecule has 0 aliphatic carbocycles. The Morgan fingerprint density at radius 1 is 1.24 bits per heavy atom. The van der Waals surface area contributed by atoms with Crippen LogP contribution in [0.1, 0.15) is 6.92 Å². The minimum Gasteiger partial charge on any atom is -0.397 e. The van der Waals surface area contributed by atoms with E-state index in [0.717, 1.165) is 19.2 Å². The zero-order valence-corrected chi connectivity index (χ0v) is 10.3. The molecule has 0 bridgehead atoms. The normalized spacial score (nSPS) is 20.9. The van der Waals surface area contributed by atoms with Crippen LogP contribution in [-0.2, 0) is 0 Å². The average molecular weight is 243 g/mol. The summed E-state index contributed by atoms with van der Waals surface area (Å²) in [5.74, 6) is -0.602. The average Bonchev–Trinajstić information content (AvgIpc) is 2.35. The second-order valence-electron chi connectivity index (χ2n) is 4.06. The van der Waals surface area contributed by atoms with Gasteiger partial charge in [-0.1, -0.05) is 6.08 Å². The molecule has 0 radical (unpaired) electrons. The van der Waals surface area contributed by atoms with Gasteiger partial charge in [-0.25, -0.2) is 8.78 Å². The third-order valence-corrected chi connectivity index (χ3v) is 2.84. The van der Waals surface area contributed by atoms with Gasteiger partial charge in [-0.2, -0.15) is 0 Å². The minimum absolute atomic E-state index is 0.0264. The molecule has 0 spiro atoms. The Morgan fingerprint density at radius 2 is 1.82 bits per heavy atom. The van der Waals surface area contributed by atoms with Crippen LogP contribution in [0.2, 0.25) is 0 Å². The number of rotatable bonds is 3. The van der Waals surface area contributed by atoms with E-state index >= 15 is 0 Å². The Bertz CT molecular complexity index is 340. The van der Waals surface area contributed by atoms with Gasteiger partial charge in [0.05, 0.1) is 11.4 Å². The highest BCUT2D eigenvalue weighted by atomic mass is 19.1. The molecule has 5 heteroatoms. The maximum Gasteiger partial charge on any atom is 0.147 e. The topological polar surface area (TPSA) is 32.5 Å². The van der Waals surface area contributed by atoms with Crippen molar-refractivity contribution in [2.45, 2.75) is 6.92 Å². The van der Waals surface area contributed by atoms with E-state index in [-0.39, 0.29) is 11.4 Å². The highest BCUT2D eigenvalue weighted by molar-refractivity contribution is 5.29. The van der Waals surface area contributed by atoms with Crippen molar-refractivity contribution in [3.63, 3.8) is 0 Å². The zero-order chi connectivity index (χ0) is 12.8. The summed E-state index contributed by atoms with van der Waals surface area (Å²) >= 11 is 0. The van der Waals surface area contributed by atoms with Crippen molar-refractivity contribution in [3.8, 4) is 0 Å². The summed E-state index contributed by atoms with van der Waals surface area (Å²) in [5.41, 5.74) is 5.68. The molecule has 3 nitrogen and oxygen atoms in total. The van der Waals surface area contributed by atoms with Crippen molar-refractivity contribution in [3.05, 3.63) is 35.7 Å². The van der Waals surface area contributed by atoms with Gasteiger partial charge in [0.15, 0.2) is 0 Å². The van der Waals surface area contributed by atoms with E-state index < -0.39 is 5.83 Å². The fourth-order valence-electron chi connectivity index (χ4n) is 1.61. The van der Waals surface area contributed by atoms with E-state index in [0.29, 0.717) is 19.4 Å². The van der Waals surface area contributed by atoms with Crippen LogP contribution in [0.25, 0.3) is 0 Å². The highest BCUT2D eigenvalue weighted by Crippen LogP contribution is 2.15. The number of halogens is 2. The molecule has 0 unspecified atom stereocenters. The molecule has 0 aromatic carbocycles. The van der Waals surface area contributed by atoms with Crippen molar-refractivity contribution >= 4 is 0 Å². The molecule has 1 aliphatic rings. The van der Waals surface area contributed by atoms with Gasteiger partial charge >= 0.3 is 0 Å². The molecule has 1 fully saturated rings. The van der Waals surface area contributed by atoms with Crippen LogP contribution in [0.15, 0.2) is 35.7 Å². The molecular weight excluding hydrogens is 224 g/mol. The first kappa shape index (κ1) is 13.7. The van der Waals surface area contributed by atoms with Gasteiger partial charge in [0.1, 0.15) is 12.2 Å². The fourth-order valence-corrected chi connectivity index (χ4v) is 1.61. The fraction of sp³-hybridized carbons (Fsp3) is 0.500. The summed E-state index contributed by atoms with van der Waals surface area (Å²) in [4.78, 5) is 3.95. The highest BCUT2D eigenvalue weighted by Gasteiger charge is 2.16. The second-order valence-corrected chi connectivity index (χ2v) is 4.06. The second kappa shape index (κ2) is 6.39. The first-order valence-corrected chi connectivity index (χ1v) is 5.61. The van der Waals surface area contributed by atoms with E-state index in [2.05, 4.69) is 4.90 Å². The number of likely N-dealkylation sites (N-methyl/N-ethyl adjacent to an activating group) is 1. The molecule has 0 amide bonds. The number of hydrogen-bond acceptors (Lipinski definition) is 3. The Morgan fingerprint density at radius 3 is 2.29 bits per heavy atom. The first-order valence-electron chi connectivity index (χ1n) is 5.61. The summed E-state index contributed by atoms with van der Waals surface area (Å²) in [7, 11) is 2.00. The van der Waals surface area contributed by atoms with E-state index in [1.807, 2.05) is 11.9 Å². The largest absolute Gasteiger partial charge is 0.397 e. The summed E-state index contributed by atoms with van der Waals surface area (Å²) in [6.45, 7) is 4.69. The molecule has 0 aromatic heterocycles. The molecule has 1 aliphatic heterocycles. The Kier molecular flexibility index (Phi) is 5.15. The van der Waals surface area contributed by atoms with Gasteiger partial charge in [-0.05, 0) is 14.0 Å². The number of nitrogens with two attached hydrogens (primary N) is 1. The van der Waals surface area contributed by atoms with Gasteiger partial charge in [0, 0.05) is 32.3 Å². The molecule has 0 aromatic rings. The summed E-state index contributed by atoms with van der Waals surface area (Å²) < 4.78 is 26.3. The van der Waals surface area contributed by atoms with E-state index in [1.54, 1.807) is 6.92 Å². The van der Waals surface area contributed by atoms with Crippen LogP contribution < -0.4 is 5.73 Å². The molecule has 2 N–H and O–H groups in total. The minimum atomic E-state index is -0.602. The lowest BCUT2D eigenvalue weighted by Gasteiger charge is -2.34. The lowest BCUT2D eigenvalue weighted by Crippen LogP contribution is -2.43. The Balaban J connectivity index is 2.73. The van der Waals surface area contributed by atoms with E-state index in [4.69, 9.17) is 5.73 Å². The van der Waals surface area contributed by atoms with Crippen molar-refractivity contribution in [1.82, 2.24) is 9.80 Å². The molecule has 17 heavy (non-hydrogen) atoms. The van der Waals surface area contributed by atoms with Crippen LogP contribution in [-0.4, -0.2) is 43.0 Å². The molecule has 1 saturated heterocycles. The quantitative estimate of drug-likeness (QED) is 0.767. The van der Waals surface area contributed by atoms with Crippen molar-refractivity contribution in [1.29, 1.82) is 0 Å². The summed E-state index contributed by atoms with van der Waals surface area (Å²) in [6.07, 6.45) is 3.01. The smallest absolute Gasteiger partial charge is 0.147 e. The summed E-state index contributed by atoms with van der Waals surface area (Å²) in [5, 5.41) is 0. The van der Waals surface area contributed by atoms with Crippen LogP contribution in [0.4, 0.5) is 8.78 Å². The van der Waals surface area contributed by atoms with Crippen LogP contribution >= 0.6 is 0 Å². The SMILES string of the molecule is C\C=C(N)/C(F)=C\C(=C\F)N1CCN(C)CC1. The van der Waals surface area contributed by atoms with E-state index in [1.165, 1.54) is 6.08 Å². The maximum atomic E-state index is 13.5. The standard InChI is InChI=1S/C12H19F2N3/c1-3-12(15)11(14)8-10(9-13)17-6-4-16(2)5-7-17/h3,8-9H,4-7,15H2,1-2H3/b10-9-,11-8+,12-3+. The zero-order valence-electron chi connectivity index (χ0n) is 10.3. The number of hydrogen-bond donors (Lipinski definition) is 1. The number of allylic oxidation sites excluding steroid dienone is 3. The van der Waals surface area contributed by atoms with Gasteiger partial charge in [0.25, 0.3) is 0 Å². The van der Waals surface area contributed by atoms with Gasteiger partial charge in [-0.15, -0.1) is 0 Å². The predicted octanol–water partition coefficient (Wildman–Crippen LogP) is 1.76. The van der Waals surface area contributed by atoms with Crippen LogP contribution in [0.3, 0.4) is 0 Å². The van der Waals surface area contributed by atoms with E-state index in [9.17, 15) is 8.78 Å². The monoisotopic (exact) mass is 243 g/mol. The van der Waals surface area contributed by atoms with Crippen molar-refractivity contribution in [2.75, 3.05) is 33.2 Å². The molecule has 0 atom stereocenters. The maximum absolute atomic E-state index is 13.5. The van der Waals surface area contributed by atoms with Crippen LogP contribution in [0, 0.1) is 0 Å². The number of piperazine rings is 1. The lowest BCUT2D eigenvalue weighted by molar-refractivity contribution is 0.188. The van der Waals surface area contributed by atoms with Gasteiger partial charge < -0.3 is 15.5 Å². The van der Waals surface area contributed by atoms with Gasteiger partial charge in [0.2, 0.25) is 0 Å². The lowest BCUT2D eigenvalue weighted by atomic mass is 10.2. The Hall–Kier alpha value is -1.36. The Labute approximate surface area is 101 Å². The van der Waals surface area contributed by atoms with Crippen molar-refractivity contribution in [2.24, 2.45) is 5.73 Å². The molecule has 0 saturated carbocycles. The molecular formula is C12H19F2N3. The first-order chi connectivity index (χ1) is 8.08. The third kappa shape index (κ3) is 3.85. The van der Waals surface area contributed by atoms with Crippen molar-refractivity contribution < 1.29 is 8.78 Å². The van der Waals surface area contributed by atoms with Crippen LogP contribution in [0.5, 0.6) is 0 Å². The molecule has 96 valence electrons. The van der Waals surface area contributed by atoms with Gasteiger partial charge in [-0.3, -0.25) is 0 Å². The summed E-state index contributed by atoms with van der Waals surface area (Å²) in [6, 6.07) is 0. The third-order valence-electron chi connectivity index (χ3n) is 2.84. The predicted molar refractivity (Wildman–Crippen MR) is 65.4 cm³/mol. The number of nitrogens with zero attached hydrogens (tertiary/aromatic N) is 2. The molecule has 1 rings (SSSR count). The molecule has 1 heterocycles.